The summed E-state index contributed by atoms with van der Waals surface area (Å²) in [5.74, 6) is 0.222. The molecule has 20 heavy (non-hydrogen) atoms. The third kappa shape index (κ3) is 3.38. The van der Waals surface area contributed by atoms with Crippen LogP contribution >= 0.6 is 0 Å². The van der Waals surface area contributed by atoms with Crippen molar-refractivity contribution in [3.05, 3.63) is 53.7 Å². The molecule has 0 aliphatic rings. The number of esters is 1. The zero-order valence-electron chi connectivity index (χ0n) is 11.3. The molecule has 0 N–H and O–H groups in total. The Hall–Kier alpha value is -2.30. The van der Waals surface area contributed by atoms with Crippen LogP contribution in [0.3, 0.4) is 0 Å². The van der Waals surface area contributed by atoms with Crippen LogP contribution in [0.15, 0.2) is 40.8 Å². The summed E-state index contributed by atoms with van der Waals surface area (Å²) in [6.45, 7) is 1.85. The minimum absolute atomic E-state index is 0.0608. The van der Waals surface area contributed by atoms with E-state index in [9.17, 15) is 9.18 Å². The van der Waals surface area contributed by atoms with Crippen LogP contribution < -0.4 is 4.74 Å². The fourth-order valence-corrected chi connectivity index (χ4v) is 1.76. The Bertz CT molecular complexity index is 574. The van der Waals surface area contributed by atoms with Gasteiger partial charge in [-0.15, -0.1) is 0 Å². The van der Waals surface area contributed by atoms with Gasteiger partial charge in [-0.1, -0.05) is 0 Å². The molecule has 1 unspecified atom stereocenters. The molecule has 1 atom stereocenters. The van der Waals surface area contributed by atoms with Crippen molar-refractivity contribution in [3.63, 3.8) is 0 Å². The largest absolute Gasteiger partial charge is 0.492 e. The molecule has 2 aromatic rings. The Morgan fingerprint density at radius 1 is 1.25 bits per heavy atom. The van der Waals surface area contributed by atoms with E-state index in [0.29, 0.717) is 17.3 Å². The number of hydrogen-bond donors (Lipinski definition) is 0. The summed E-state index contributed by atoms with van der Waals surface area (Å²) in [4.78, 5) is 11.8. The predicted molar refractivity (Wildman–Crippen MR) is 70.1 cm³/mol. The van der Waals surface area contributed by atoms with Gasteiger partial charge in [0.05, 0.1) is 7.11 Å². The molecule has 1 aromatic heterocycles. The van der Waals surface area contributed by atoms with Crippen LogP contribution in [0.4, 0.5) is 4.39 Å². The van der Waals surface area contributed by atoms with Crippen LogP contribution in [0, 0.1) is 12.7 Å². The maximum Gasteiger partial charge on any atom is 0.319 e. The van der Waals surface area contributed by atoms with Crippen LogP contribution in [0.5, 0.6) is 5.75 Å². The zero-order chi connectivity index (χ0) is 14.5. The molecule has 0 saturated heterocycles. The molecule has 0 spiro atoms. The number of aryl methyl sites for hydroxylation is 1. The zero-order valence-corrected chi connectivity index (χ0v) is 11.3. The fraction of sp³-hybridized carbons (Fsp3) is 0.267. The Morgan fingerprint density at radius 2 is 1.95 bits per heavy atom. The highest BCUT2D eigenvalue weighted by molar-refractivity contribution is 5.77. The number of methoxy groups -OCH3 is 1. The highest BCUT2D eigenvalue weighted by atomic mass is 19.1. The third-order valence-corrected chi connectivity index (χ3v) is 2.82. The first kappa shape index (κ1) is 14.1. The van der Waals surface area contributed by atoms with Gasteiger partial charge in [-0.25, -0.2) is 4.39 Å². The maximum absolute atomic E-state index is 12.8. The van der Waals surface area contributed by atoms with Crippen molar-refractivity contribution in [2.45, 2.75) is 12.8 Å². The smallest absolute Gasteiger partial charge is 0.319 e. The molecule has 0 fully saturated rings. The first-order valence-electron chi connectivity index (χ1n) is 6.12. The topological polar surface area (TPSA) is 48.7 Å². The standard InChI is InChI=1S/C15H15FO4/c1-10-3-8-14(20-10)13(15(17)18-2)9-19-12-6-4-11(16)5-7-12/h3-8,13H,9H2,1-2H3. The molecule has 0 bridgehead atoms. The molecule has 0 aliphatic heterocycles. The van der Waals surface area contributed by atoms with Gasteiger partial charge < -0.3 is 13.9 Å². The number of hydrogen-bond acceptors (Lipinski definition) is 4. The number of furan rings is 1. The van der Waals surface area contributed by atoms with E-state index in [-0.39, 0.29) is 12.4 Å². The lowest BCUT2D eigenvalue weighted by Gasteiger charge is -2.13. The average Bonchev–Trinajstić information content (AvgIpc) is 2.87. The molecule has 0 radical (unpaired) electrons. The van der Waals surface area contributed by atoms with Crippen LogP contribution in [0.25, 0.3) is 0 Å². The van der Waals surface area contributed by atoms with Crippen LogP contribution in [0.2, 0.25) is 0 Å². The number of rotatable bonds is 5. The van der Waals surface area contributed by atoms with Crippen molar-refractivity contribution in [2.75, 3.05) is 13.7 Å². The maximum atomic E-state index is 12.8. The monoisotopic (exact) mass is 278 g/mol. The fourth-order valence-electron chi connectivity index (χ4n) is 1.76. The van der Waals surface area contributed by atoms with Crippen molar-refractivity contribution >= 4 is 5.97 Å². The second kappa shape index (κ2) is 6.23. The van der Waals surface area contributed by atoms with E-state index in [1.54, 1.807) is 19.1 Å². The van der Waals surface area contributed by atoms with Crippen molar-refractivity contribution < 1.29 is 23.1 Å². The first-order chi connectivity index (χ1) is 9.60. The Balaban J connectivity index is 2.08. The van der Waals surface area contributed by atoms with Crippen molar-refractivity contribution in [1.29, 1.82) is 0 Å². The van der Waals surface area contributed by atoms with Crippen LogP contribution in [-0.4, -0.2) is 19.7 Å². The van der Waals surface area contributed by atoms with E-state index in [2.05, 4.69) is 0 Å². The second-order valence-electron chi connectivity index (χ2n) is 4.29. The van der Waals surface area contributed by atoms with Gasteiger partial charge in [-0.3, -0.25) is 4.79 Å². The molecule has 0 aliphatic carbocycles. The summed E-state index contributed by atoms with van der Waals surface area (Å²) in [7, 11) is 1.31. The average molecular weight is 278 g/mol. The minimum Gasteiger partial charge on any atom is -0.492 e. The van der Waals surface area contributed by atoms with Gasteiger partial charge in [-0.2, -0.15) is 0 Å². The van der Waals surface area contributed by atoms with Crippen LogP contribution in [-0.2, 0) is 9.53 Å². The Labute approximate surface area is 116 Å². The molecule has 0 amide bonds. The number of halogens is 1. The van der Waals surface area contributed by atoms with Crippen molar-refractivity contribution in [3.8, 4) is 5.75 Å². The Kier molecular flexibility index (Phi) is 4.40. The summed E-state index contributed by atoms with van der Waals surface area (Å²) < 4.78 is 28.5. The molecule has 5 heteroatoms. The van der Waals surface area contributed by atoms with E-state index in [1.165, 1.54) is 31.4 Å². The third-order valence-electron chi connectivity index (χ3n) is 2.82. The lowest BCUT2D eigenvalue weighted by Crippen LogP contribution is -2.20. The molecular formula is C15H15FO4. The lowest BCUT2D eigenvalue weighted by atomic mass is 10.1. The van der Waals surface area contributed by atoms with Gasteiger partial charge in [0.1, 0.15) is 35.6 Å². The van der Waals surface area contributed by atoms with Gasteiger partial charge in [0.2, 0.25) is 0 Å². The molecule has 1 heterocycles. The van der Waals surface area contributed by atoms with Gasteiger partial charge in [0.15, 0.2) is 0 Å². The van der Waals surface area contributed by atoms with Gasteiger partial charge >= 0.3 is 5.97 Å². The van der Waals surface area contributed by atoms with E-state index in [0.717, 1.165) is 0 Å². The van der Waals surface area contributed by atoms with Gasteiger partial charge in [0, 0.05) is 0 Å². The number of ether oxygens (including phenoxy) is 2. The molecule has 4 nitrogen and oxygen atoms in total. The van der Waals surface area contributed by atoms with Crippen molar-refractivity contribution in [2.24, 2.45) is 0 Å². The van der Waals surface area contributed by atoms with Gasteiger partial charge in [0.25, 0.3) is 0 Å². The SMILES string of the molecule is COC(=O)C(COc1ccc(F)cc1)c1ccc(C)o1. The highest BCUT2D eigenvalue weighted by Gasteiger charge is 2.25. The first-order valence-corrected chi connectivity index (χ1v) is 6.12. The van der Waals surface area contributed by atoms with E-state index in [1.807, 2.05) is 0 Å². The van der Waals surface area contributed by atoms with Crippen LogP contribution in [0.1, 0.15) is 17.4 Å². The highest BCUT2D eigenvalue weighted by Crippen LogP contribution is 2.22. The summed E-state index contributed by atoms with van der Waals surface area (Å²) in [6, 6.07) is 9.06. The van der Waals surface area contributed by atoms with Crippen molar-refractivity contribution in [1.82, 2.24) is 0 Å². The van der Waals surface area contributed by atoms with E-state index < -0.39 is 11.9 Å². The van der Waals surface area contributed by atoms with E-state index >= 15 is 0 Å². The second-order valence-corrected chi connectivity index (χ2v) is 4.29. The van der Waals surface area contributed by atoms with Gasteiger partial charge in [-0.05, 0) is 43.3 Å². The molecular weight excluding hydrogens is 263 g/mol. The summed E-state index contributed by atoms with van der Waals surface area (Å²) in [5, 5.41) is 0. The molecule has 1 aromatic carbocycles. The molecule has 106 valence electrons. The summed E-state index contributed by atoms with van der Waals surface area (Å²) >= 11 is 0. The number of carbonyl (C=O) groups excluding carboxylic acids is 1. The normalized spacial score (nSPS) is 11.9. The molecule has 2 rings (SSSR count). The minimum atomic E-state index is -0.654. The quantitative estimate of drug-likeness (QED) is 0.789. The summed E-state index contributed by atoms with van der Waals surface area (Å²) in [6.07, 6.45) is 0. The lowest BCUT2D eigenvalue weighted by molar-refractivity contribution is -0.143. The number of carbonyl (C=O) groups is 1. The predicted octanol–water partition coefficient (Wildman–Crippen LogP) is 3.06. The van der Waals surface area contributed by atoms with E-state index in [4.69, 9.17) is 13.9 Å². The number of benzene rings is 1. The Morgan fingerprint density at radius 3 is 2.50 bits per heavy atom. The summed E-state index contributed by atoms with van der Waals surface area (Å²) in [5.41, 5.74) is 0. The molecule has 0 saturated carbocycles.